The van der Waals surface area contributed by atoms with Gasteiger partial charge in [-0.3, -0.25) is 9.69 Å². The van der Waals surface area contributed by atoms with Crippen molar-refractivity contribution in [2.75, 3.05) is 39.0 Å². The second-order valence-electron chi connectivity index (χ2n) is 5.06. The first-order valence-electron chi connectivity index (χ1n) is 6.78. The summed E-state index contributed by atoms with van der Waals surface area (Å²) in [5, 5.41) is 3.02. The molecule has 0 radical (unpaired) electrons. The Bertz CT molecular complexity index is 429. The molecule has 0 spiro atoms. The van der Waals surface area contributed by atoms with Gasteiger partial charge in [-0.2, -0.15) is 0 Å². The second-order valence-corrected chi connectivity index (χ2v) is 5.06. The van der Waals surface area contributed by atoms with Gasteiger partial charge in [-0.05, 0) is 37.6 Å². The number of carbonyl (C=O) groups is 1. The van der Waals surface area contributed by atoms with Crippen molar-refractivity contribution in [1.29, 1.82) is 0 Å². The fraction of sp³-hybridized carbons (Fsp3) is 0.571. The molecule has 104 valence electrons. The second kappa shape index (κ2) is 6.52. The van der Waals surface area contributed by atoms with Gasteiger partial charge in [0.25, 0.3) is 0 Å². The minimum absolute atomic E-state index is 0.239. The number of likely N-dealkylation sites (tertiary alicyclic amines) is 1. The van der Waals surface area contributed by atoms with Crippen molar-refractivity contribution in [1.82, 2.24) is 14.8 Å². The van der Waals surface area contributed by atoms with E-state index in [1.165, 1.54) is 0 Å². The lowest BCUT2D eigenvalue weighted by molar-refractivity contribution is -0.131. The average Bonchev–Trinajstić information content (AvgIpc) is 2.92. The van der Waals surface area contributed by atoms with Crippen LogP contribution in [0, 0.1) is 0 Å². The topological polar surface area (TPSA) is 48.5 Å². The molecule has 1 aromatic heterocycles. The van der Waals surface area contributed by atoms with E-state index < -0.39 is 0 Å². The van der Waals surface area contributed by atoms with Crippen LogP contribution in [0.3, 0.4) is 0 Å². The summed E-state index contributed by atoms with van der Waals surface area (Å²) in [4.78, 5) is 20.2. The number of aromatic nitrogens is 1. The Kier molecular flexibility index (Phi) is 4.74. The molecule has 0 unspecified atom stereocenters. The van der Waals surface area contributed by atoms with Crippen LogP contribution in [0.15, 0.2) is 18.3 Å². The molecule has 1 aromatic rings. The molecule has 5 nitrogen and oxygen atoms in total. The molecule has 0 saturated carbocycles. The van der Waals surface area contributed by atoms with E-state index in [2.05, 4.69) is 15.2 Å². The number of nitrogens with one attached hydrogen (secondary N) is 1. The first-order valence-corrected chi connectivity index (χ1v) is 6.78. The largest absolute Gasteiger partial charge is 0.373 e. The highest BCUT2D eigenvalue weighted by Crippen LogP contribution is 2.10. The predicted molar refractivity (Wildman–Crippen MR) is 75.9 cm³/mol. The average molecular weight is 262 g/mol. The molecule has 0 bridgehead atoms. The molecule has 1 aliphatic heterocycles. The molecule has 1 fully saturated rings. The van der Waals surface area contributed by atoms with Gasteiger partial charge < -0.3 is 10.2 Å². The summed E-state index contributed by atoms with van der Waals surface area (Å²) < 4.78 is 0. The minimum Gasteiger partial charge on any atom is -0.373 e. The van der Waals surface area contributed by atoms with E-state index in [-0.39, 0.29) is 5.91 Å². The summed E-state index contributed by atoms with van der Waals surface area (Å²) in [6, 6.07) is 3.99. The molecule has 19 heavy (non-hydrogen) atoms. The number of likely N-dealkylation sites (N-methyl/N-ethyl adjacent to an activating group) is 1. The Balaban J connectivity index is 1.85. The van der Waals surface area contributed by atoms with Crippen molar-refractivity contribution in [2.45, 2.75) is 19.4 Å². The molecule has 1 N–H and O–H groups in total. The van der Waals surface area contributed by atoms with Crippen molar-refractivity contribution in [3.63, 3.8) is 0 Å². The van der Waals surface area contributed by atoms with Crippen LogP contribution >= 0.6 is 0 Å². The summed E-state index contributed by atoms with van der Waals surface area (Å²) in [5.41, 5.74) is 1.16. The van der Waals surface area contributed by atoms with E-state index in [9.17, 15) is 4.79 Å². The van der Waals surface area contributed by atoms with E-state index in [1.807, 2.05) is 31.1 Å². The molecule has 1 amide bonds. The lowest BCUT2D eigenvalue weighted by atomic mass is 10.2. The fourth-order valence-electron chi connectivity index (χ4n) is 2.37. The van der Waals surface area contributed by atoms with Gasteiger partial charge in [-0.1, -0.05) is 0 Å². The van der Waals surface area contributed by atoms with Crippen LogP contribution in [0.4, 0.5) is 5.82 Å². The third-order valence-corrected chi connectivity index (χ3v) is 3.40. The van der Waals surface area contributed by atoms with Crippen molar-refractivity contribution < 1.29 is 4.79 Å². The molecular weight excluding hydrogens is 240 g/mol. The highest BCUT2D eigenvalue weighted by atomic mass is 16.2. The molecule has 1 saturated heterocycles. The fourth-order valence-corrected chi connectivity index (χ4v) is 2.37. The Morgan fingerprint density at radius 3 is 2.89 bits per heavy atom. The number of hydrogen-bond donors (Lipinski definition) is 1. The Hall–Kier alpha value is -1.62. The normalized spacial score (nSPS) is 15.0. The number of pyridine rings is 1. The first-order chi connectivity index (χ1) is 9.19. The number of hydrogen-bond acceptors (Lipinski definition) is 4. The van der Waals surface area contributed by atoms with Crippen molar-refractivity contribution in [3.8, 4) is 0 Å². The van der Waals surface area contributed by atoms with Crippen LogP contribution in [0.5, 0.6) is 0 Å². The minimum atomic E-state index is 0.239. The van der Waals surface area contributed by atoms with E-state index in [0.29, 0.717) is 6.54 Å². The van der Waals surface area contributed by atoms with Crippen LogP contribution in [-0.2, 0) is 11.3 Å². The Morgan fingerprint density at radius 1 is 1.47 bits per heavy atom. The maximum absolute atomic E-state index is 12.0. The lowest BCUT2D eigenvalue weighted by Crippen LogP contribution is -2.36. The van der Waals surface area contributed by atoms with Crippen LogP contribution < -0.4 is 5.32 Å². The van der Waals surface area contributed by atoms with E-state index in [4.69, 9.17) is 0 Å². The number of carbonyl (C=O) groups excluding carboxylic acids is 1. The molecule has 0 aliphatic carbocycles. The molecular formula is C14H22N4O. The summed E-state index contributed by atoms with van der Waals surface area (Å²) >= 11 is 0. The molecule has 1 aliphatic rings. The zero-order valence-electron chi connectivity index (χ0n) is 11.7. The zero-order chi connectivity index (χ0) is 13.7. The highest BCUT2D eigenvalue weighted by molar-refractivity contribution is 5.78. The third-order valence-electron chi connectivity index (χ3n) is 3.40. The number of rotatable bonds is 5. The number of amides is 1. The Morgan fingerprint density at radius 2 is 2.21 bits per heavy atom. The quantitative estimate of drug-likeness (QED) is 0.865. The number of nitrogens with zero attached hydrogens (tertiary/aromatic N) is 3. The van der Waals surface area contributed by atoms with Crippen molar-refractivity contribution >= 4 is 11.7 Å². The maximum Gasteiger partial charge on any atom is 0.236 e. The molecule has 0 aromatic carbocycles. The Labute approximate surface area is 114 Å². The predicted octanol–water partition coefficient (Wildman–Crippen LogP) is 1.18. The van der Waals surface area contributed by atoms with Crippen molar-refractivity contribution in [2.24, 2.45) is 0 Å². The molecule has 2 rings (SSSR count). The maximum atomic E-state index is 12.0. The summed E-state index contributed by atoms with van der Waals surface area (Å²) in [7, 11) is 3.83. The summed E-state index contributed by atoms with van der Waals surface area (Å²) in [6.45, 7) is 3.09. The van der Waals surface area contributed by atoms with Gasteiger partial charge in [0, 0.05) is 32.9 Å². The standard InChI is InChI=1S/C14H22N4O/c1-15-13-9-12(5-6-16-13)10-17(2)11-14(19)18-7-3-4-8-18/h5-6,9H,3-4,7-8,10-11H2,1-2H3,(H,15,16). The van der Waals surface area contributed by atoms with E-state index >= 15 is 0 Å². The smallest absolute Gasteiger partial charge is 0.236 e. The molecule has 2 heterocycles. The van der Waals surface area contributed by atoms with Gasteiger partial charge in [-0.25, -0.2) is 4.98 Å². The molecule has 5 heteroatoms. The first kappa shape index (κ1) is 13.8. The summed E-state index contributed by atoms with van der Waals surface area (Å²) in [6.07, 6.45) is 4.08. The van der Waals surface area contributed by atoms with Crippen molar-refractivity contribution in [3.05, 3.63) is 23.9 Å². The van der Waals surface area contributed by atoms with E-state index in [1.54, 1.807) is 6.20 Å². The van der Waals surface area contributed by atoms with Gasteiger partial charge in [0.1, 0.15) is 5.82 Å². The van der Waals surface area contributed by atoms with Crippen LogP contribution in [0.2, 0.25) is 0 Å². The molecule has 0 atom stereocenters. The van der Waals surface area contributed by atoms with Crippen LogP contribution in [-0.4, -0.2) is 54.4 Å². The van der Waals surface area contributed by atoms with E-state index in [0.717, 1.165) is 43.9 Å². The zero-order valence-corrected chi connectivity index (χ0v) is 11.7. The highest BCUT2D eigenvalue weighted by Gasteiger charge is 2.18. The van der Waals surface area contributed by atoms with Gasteiger partial charge in [-0.15, -0.1) is 0 Å². The lowest BCUT2D eigenvalue weighted by Gasteiger charge is -2.21. The van der Waals surface area contributed by atoms with Gasteiger partial charge in [0.15, 0.2) is 0 Å². The van der Waals surface area contributed by atoms with Gasteiger partial charge in [0.2, 0.25) is 5.91 Å². The van der Waals surface area contributed by atoms with Crippen LogP contribution in [0.1, 0.15) is 18.4 Å². The SMILES string of the molecule is CNc1cc(CN(C)CC(=O)N2CCCC2)ccn1. The summed E-state index contributed by atoms with van der Waals surface area (Å²) in [5.74, 6) is 1.10. The van der Waals surface area contributed by atoms with Gasteiger partial charge in [0.05, 0.1) is 6.54 Å². The monoisotopic (exact) mass is 262 g/mol. The number of anilines is 1. The third kappa shape index (κ3) is 3.92. The van der Waals surface area contributed by atoms with Gasteiger partial charge >= 0.3 is 0 Å². The van der Waals surface area contributed by atoms with Crippen LogP contribution in [0.25, 0.3) is 0 Å².